The largest absolute Gasteiger partial charge is 0.493 e. The summed E-state index contributed by atoms with van der Waals surface area (Å²) in [6, 6.07) is 19.9. The zero-order valence-corrected chi connectivity index (χ0v) is 28.6. The molecule has 46 heavy (non-hydrogen) atoms. The van der Waals surface area contributed by atoms with Crippen molar-refractivity contribution in [1.29, 1.82) is 0 Å². The van der Waals surface area contributed by atoms with Crippen LogP contribution in [0.1, 0.15) is 68.7 Å². The summed E-state index contributed by atoms with van der Waals surface area (Å²) in [6.07, 6.45) is 5.31. The fourth-order valence-electron chi connectivity index (χ4n) is 6.53. The minimum absolute atomic E-state index is 0.0179. The highest BCUT2D eigenvalue weighted by Gasteiger charge is 2.36. The number of urea groups is 1. The Bertz CT molecular complexity index is 1500. The van der Waals surface area contributed by atoms with Crippen LogP contribution in [0.15, 0.2) is 60.7 Å². The lowest BCUT2D eigenvalue weighted by molar-refractivity contribution is -0.118. The number of hydrogen-bond donors (Lipinski definition) is 1. The monoisotopic (exact) mass is 646 g/mol. The molecule has 1 fully saturated rings. The van der Waals surface area contributed by atoms with Crippen LogP contribution in [0, 0.1) is 5.92 Å². The Labute approximate surface area is 278 Å². The van der Waals surface area contributed by atoms with Gasteiger partial charge in [-0.25, -0.2) is 4.79 Å². The van der Waals surface area contributed by atoms with Gasteiger partial charge in [0, 0.05) is 50.1 Å². The number of rotatable bonds is 10. The number of carbonyl (C=O) groups is 2. The van der Waals surface area contributed by atoms with E-state index in [9.17, 15) is 9.59 Å². The topological polar surface area (TPSA) is 74.4 Å². The molecule has 1 N–H and O–H groups in total. The van der Waals surface area contributed by atoms with Crippen LogP contribution in [-0.4, -0.2) is 63.8 Å². The molecule has 3 amide bonds. The number of nitrogens with zero attached hydrogens (tertiary/aromatic N) is 3. The molecular weight excluding hydrogens is 600 g/mol. The standard InChI is InChI=1S/C37H47ClN4O4/c1-7-24(2)46-34-22-32-27(20-33(34)45-6)21-35(43)42(36(32)26-10-12-28(38)13-11-26)31-18-16-30(17-19-31)41(5)23-25-8-14-29(15-9-25)39-37(44)40(3)4/h10-13,16-20,22,24-25,29,36H,7-9,14-15,21,23H2,1-6H3,(H,39,44)/t24-,25?,29?,36?/m1/s1. The molecule has 8 nitrogen and oxygen atoms in total. The first kappa shape index (κ1) is 33.5. The third-order valence-corrected chi connectivity index (χ3v) is 9.61. The maximum atomic E-state index is 13.9. The zero-order chi connectivity index (χ0) is 33.0. The molecule has 0 saturated heterocycles. The van der Waals surface area contributed by atoms with Crippen molar-refractivity contribution in [3.8, 4) is 11.5 Å². The Balaban J connectivity index is 1.38. The Hall–Kier alpha value is -3.91. The Morgan fingerprint density at radius 2 is 1.67 bits per heavy atom. The average molecular weight is 647 g/mol. The van der Waals surface area contributed by atoms with Gasteiger partial charge in [0.15, 0.2) is 11.5 Å². The number of fused-ring (bicyclic) bond motifs is 1. The van der Waals surface area contributed by atoms with Crippen LogP contribution in [0.4, 0.5) is 16.2 Å². The highest BCUT2D eigenvalue weighted by atomic mass is 35.5. The van der Waals surface area contributed by atoms with E-state index in [0.717, 1.165) is 66.7 Å². The second-order valence-electron chi connectivity index (χ2n) is 12.9. The number of methoxy groups -OCH3 is 1. The van der Waals surface area contributed by atoms with Crippen molar-refractivity contribution in [3.05, 3.63) is 82.4 Å². The third kappa shape index (κ3) is 7.55. The number of halogens is 1. The molecule has 1 aliphatic heterocycles. The van der Waals surface area contributed by atoms with E-state index in [2.05, 4.69) is 36.3 Å². The number of hydrogen-bond acceptors (Lipinski definition) is 5. The SMILES string of the molecule is CC[C@@H](C)Oc1cc2c(cc1OC)CC(=O)N(c1ccc(N(C)CC3CCC(NC(=O)N(C)C)CC3)cc1)C2c1ccc(Cl)cc1. The molecule has 2 aliphatic rings. The fourth-order valence-corrected chi connectivity index (χ4v) is 6.65. The molecule has 1 unspecified atom stereocenters. The number of benzene rings is 3. The maximum absolute atomic E-state index is 13.9. The van der Waals surface area contributed by atoms with Gasteiger partial charge in [-0.1, -0.05) is 30.7 Å². The van der Waals surface area contributed by atoms with Gasteiger partial charge in [0.1, 0.15) is 0 Å². The predicted molar refractivity (Wildman–Crippen MR) is 186 cm³/mol. The van der Waals surface area contributed by atoms with Gasteiger partial charge < -0.3 is 29.5 Å². The van der Waals surface area contributed by atoms with Crippen molar-refractivity contribution in [2.45, 2.75) is 70.6 Å². The lowest BCUT2D eigenvalue weighted by atomic mass is 9.85. The Morgan fingerprint density at radius 1 is 1.00 bits per heavy atom. The van der Waals surface area contributed by atoms with E-state index in [1.807, 2.05) is 60.4 Å². The molecule has 3 aromatic carbocycles. The van der Waals surface area contributed by atoms with Crippen molar-refractivity contribution in [2.75, 3.05) is 44.6 Å². The summed E-state index contributed by atoms with van der Waals surface area (Å²) in [4.78, 5) is 31.8. The van der Waals surface area contributed by atoms with Gasteiger partial charge in [-0.3, -0.25) is 4.79 Å². The number of anilines is 2. The summed E-state index contributed by atoms with van der Waals surface area (Å²) < 4.78 is 12.0. The summed E-state index contributed by atoms with van der Waals surface area (Å²) in [5.74, 6) is 1.89. The molecule has 1 saturated carbocycles. The van der Waals surface area contributed by atoms with Crippen molar-refractivity contribution in [2.24, 2.45) is 5.92 Å². The first-order valence-corrected chi connectivity index (χ1v) is 16.7. The van der Waals surface area contributed by atoms with Crippen LogP contribution in [0.3, 0.4) is 0 Å². The molecule has 246 valence electrons. The molecule has 3 aromatic rings. The van der Waals surface area contributed by atoms with Gasteiger partial charge in [0.25, 0.3) is 0 Å². The second-order valence-corrected chi connectivity index (χ2v) is 13.3. The maximum Gasteiger partial charge on any atom is 0.317 e. The van der Waals surface area contributed by atoms with E-state index in [1.54, 1.807) is 26.1 Å². The van der Waals surface area contributed by atoms with Crippen molar-refractivity contribution in [3.63, 3.8) is 0 Å². The van der Waals surface area contributed by atoms with Crippen LogP contribution in [0.25, 0.3) is 0 Å². The smallest absolute Gasteiger partial charge is 0.317 e. The molecule has 0 radical (unpaired) electrons. The quantitative estimate of drug-likeness (QED) is 0.247. The molecule has 0 aromatic heterocycles. The summed E-state index contributed by atoms with van der Waals surface area (Å²) in [5.41, 5.74) is 4.86. The minimum Gasteiger partial charge on any atom is -0.493 e. The van der Waals surface area contributed by atoms with Crippen molar-refractivity contribution >= 4 is 34.9 Å². The summed E-state index contributed by atoms with van der Waals surface area (Å²) >= 11 is 6.29. The van der Waals surface area contributed by atoms with Gasteiger partial charge in [0.05, 0.1) is 25.7 Å². The van der Waals surface area contributed by atoms with E-state index in [1.165, 1.54) is 0 Å². The van der Waals surface area contributed by atoms with Crippen molar-refractivity contribution in [1.82, 2.24) is 10.2 Å². The van der Waals surface area contributed by atoms with Crippen LogP contribution < -0.4 is 24.6 Å². The van der Waals surface area contributed by atoms with Crippen LogP contribution in [0.2, 0.25) is 5.02 Å². The first-order chi connectivity index (χ1) is 22.1. The summed E-state index contributed by atoms with van der Waals surface area (Å²) in [5, 5.41) is 3.78. The first-order valence-electron chi connectivity index (χ1n) is 16.3. The zero-order valence-electron chi connectivity index (χ0n) is 27.9. The number of carbonyl (C=O) groups excluding carboxylic acids is 2. The van der Waals surface area contributed by atoms with Gasteiger partial charge in [-0.2, -0.15) is 0 Å². The predicted octanol–water partition coefficient (Wildman–Crippen LogP) is 7.47. The number of amides is 3. The fraction of sp³-hybridized carbons (Fsp3) is 0.459. The summed E-state index contributed by atoms with van der Waals surface area (Å²) in [6.45, 7) is 5.07. The van der Waals surface area contributed by atoms with Crippen molar-refractivity contribution < 1.29 is 19.1 Å². The molecular formula is C37H47ClN4O4. The average Bonchev–Trinajstić information content (AvgIpc) is 3.05. The number of ether oxygens (including phenoxy) is 2. The highest BCUT2D eigenvalue weighted by molar-refractivity contribution is 6.30. The Kier molecular flexibility index (Phi) is 10.7. The lowest BCUT2D eigenvalue weighted by Gasteiger charge is -2.38. The second kappa shape index (κ2) is 14.7. The van der Waals surface area contributed by atoms with Gasteiger partial charge in [-0.15, -0.1) is 0 Å². The molecule has 1 aliphatic carbocycles. The number of nitrogens with one attached hydrogen (secondary N) is 1. The van der Waals surface area contributed by atoms with E-state index < -0.39 is 0 Å². The molecule has 0 spiro atoms. The van der Waals surface area contributed by atoms with E-state index in [0.29, 0.717) is 22.4 Å². The Morgan fingerprint density at radius 3 is 2.28 bits per heavy atom. The molecule has 2 atom stereocenters. The highest BCUT2D eigenvalue weighted by Crippen LogP contribution is 2.44. The van der Waals surface area contributed by atoms with E-state index in [4.69, 9.17) is 21.1 Å². The van der Waals surface area contributed by atoms with Crippen LogP contribution >= 0.6 is 11.6 Å². The van der Waals surface area contributed by atoms with Gasteiger partial charge >= 0.3 is 6.03 Å². The minimum atomic E-state index is -0.356. The molecule has 1 heterocycles. The lowest BCUT2D eigenvalue weighted by Crippen LogP contribution is -2.43. The van der Waals surface area contributed by atoms with Gasteiger partial charge in [0.2, 0.25) is 5.91 Å². The van der Waals surface area contributed by atoms with Crippen LogP contribution in [-0.2, 0) is 11.2 Å². The molecule has 0 bridgehead atoms. The normalized spacial score (nSPS) is 20.0. The van der Waals surface area contributed by atoms with Gasteiger partial charge in [-0.05, 0) is 110 Å². The third-order valence-electron chi connectivity index (χ3n) is 9.36. The summed E-state index contributed by atoms with van der Waals surface area (Å²) in [7, 11) is 7.31. The van der Waals surface area contributed by atoms with E-state index >= 15 is 0 Å². The van der Waals surface area contributed by atoms with E-state index in [-0.39, 0.29) is 36.5 Å². The van der Waals surface area contributed by atoms with Crippen LogP contribution in [0.5, 0.6) is 11.5 Å². The molecule has 9 heteroatoms. The molecule has 5 rings (SSSR count).